The number of hydrogen-bond donors (Lipinski definition) is 2. The summed E-state index contributed by atoms with van der Waals surface area (Å²) in [6, 6.07) is 0. The first-order chi connectivity index (χ1) is 5.34. The summed E-state index contributed by atoms with van der Waals surface area (Å²) in [5, 5.41) is 12.7. The summed E-state index contributed by atoms with van der Waals surface area (Å²) in [6.07, 6.45) is 1.55. The van der Waals surface area contributed by atoms with E-state index in [4.69, 9.17) is 0 Å². The Morgan fingerprint density at radius 3 is 3.09 bits per heavy atom. The molecule has 2 heteroatoms. The van der Waals surface area contributed by atoms with E-state index in [1.54, 1.807) is 0 Å². The maximum absolute atomic E-state index is 9.49. The van der Waals surface area contributed by atoms with E-state index in [-0.39, 0.29) is 6.10 Å². The molecule has 0 amide bonds. The van der Waals surface area contributed by atoms with Crippen molar-refractivity contribution >= 4 is 0 Å². The van der Waals surface area contributed by atoms with Gasteiger partial charge in [-0.1, -0.05) is 0 Å². The third kappa shape index (κ3) is 2.53. The highest BCUT2D eigenvalue weighted by atomic mass is 16.3. The molecule has 1 rings (SSSR count). The molecule has 0 aromatic heterocycles. The van der Waals surface area contributed by atoms with E-state index >= 15 is 0 Å². The molecule has 1 aliphatic heterocycles. The molecule has 0 bridgehead atoms. The zero-order valence-electron chi connectivity index (χ0n) is 6.93. The molecule has 1 aliphatic rings. The van der Waals surface area contributed by atoms with E-state index in [2.05, 4.69) is 17.2 Å². The average molecular weight is 153 g/mol. The van der Waals surface area contributed by atoms with Crippen LogP contribution in [0.1, 0.15) is 19.8 Å². The first-order valence-electron chi connectivity index (χ1n) is 4.13. The SMILES string of the molecule is CC#CCC1CNCCC1O. The molecule has 11 heavy (non-hydrogen) atoms. The highest BCUT2D eigenvalue weighted by Gasteiger charge is 2.21. The van der Waals surface area contributed by atoms with Crippen LogP contribution in [0.3, 0.4) is 0 Å². The largest absolute Gasteiger partial charge is 0.393 e. The van der Waals surface area contributed by atoms with Crippen molar-refractivity contribution in [2.45, 2.75) is 25.9 Å². The molecule has 0 saturated carbocycles. The van der Waals surface area contributed by atoms with Crippen LogP contribution in [0.15, 0.2) is 0 Å². The normalized spacial score (nSPS) is 30.7. The van der Waals surface area contributed by atoms with Crippen LogP contribution in [0.2, 0.25) is 0 Å². The van der Waals surface area contributed by atoms with Gasteiger partial charge in [0.25, 0.3) is 0 Å². The van der Waals surface area contributed by atoms with Gasteiger partial charge in [0, 0.05) is 18.9 Å². The molecule has 2 unspecified atom stereocenters. The molecule has 1 heterocycles. The quantitative estimate of drug-likeness (QED) is 0.533. The fourth-order valence-electron chi connectivity index (χ4n) is 1.35. The Kier molecular flexibility index (Phi) is 3.41. The molecule has 2 nitrogen and oxygen atoms in total. The van der Waals surface area contributed by atoms with Crippen LogP contribution in [-0.4, -0.2) is 24.3 Å². The topological polar surface area (TPSA) is 32.3 Å². The van der Waals surface area contributed by atoms with Crippen molar-refractivity contribution in [3.63, 3.8) is 0 Å². The van der Waals surface area contributed by atoms with Crippen molar-refractivity contribution in [1.82, 2.24) is 5.32 Å². The van der Waals surface area contributed by atoms with Gasteiger partial charge in [0.15, 0.2) is 0 Å². The first kappa shape index (κ1) is 8.58. The summed E-state index contributed by atoms with van der Waals surface area (Å²) in [5.41, 5.74) is 0. The second-order valence-electron chi connectivity index (χ2n) is 2.95. The number of nitrogens with one attached hydrogen (secondary N) is 1. The van der Waals surface area contributed by atoms with Gasteiger partial charge in [0.2, 0.25) is 0 Å². The molecule has 0 aromatic carbocycles. The number of rotatable bonds is 1. The lowest BCUT2D eigenvalue weighted by Crippen LogP contribution is -2.39. The summed E-state index contributed by atoms with van der Waals surface area (Å²) in [5.74, 6) is 6.19. The molecule has 1 fully saturated rings. The van der Waals surface area contributed by atoms with Gasteiger partial charge in [-0.25, -0.2) is 0 Å². The van der Waals surface area contributed by atoms with Crippen LogP contribution in [0.5, 0.6) is 0 Å². The number of aliphatic hydroxyl groups is 1. The Labute approximate surface area is 68.0 Å². The maximum atomic E-state index is 9.49. The lowest BCUT2D eigenvalue weighted by molar-refractivity contribution is 0.0815. The Balaban J connectivity index is 2.33. The molecular weight excluding hydrogens is 138 g/mol. The highest BCUT2D eigenvalue weighted by Crippen LogP contribution is 2.13. The van der Waals surface area contributed by atoms with Crippen LogP contribution < -0.4 is 5.32 Å². The van der Waals surface area contributed by atoms with Crippen LogP contribution in [0.25, 0.3) is 0 Å². The zero-order chi connectivity index (χ0) is 8.10. The minimum absolute atomic E-state index is 0.142. The Bertz CT molecular complexity index is 168. The van der Waals surface area contributed by atoms with Crippen LogP contribution in [0.4, 0.5) is 0 Å². The van der Waals surface area contributed by atoms with Gasteiger partial charge in [0.1, 0.15) is 0 Å². The summed E-state index contributed by atoms with van der Waals surface area (Å²) in [4.78, 5) is 0. The third-order valence-corrected chi connectivity index (χ3v) is 2.11. The highest BCUT2D eigenvalue weighted by molar-refractivity contribution is 4.98. The first-order valence-corrected chi connectivity index (χ1v) is 4.13. The molecule has 1 saturated heterocycles. The fraction of sp³-hybridized carbons (Fsp3) is 0.778. The molecule has 0 aromatic rings. The minimum Gasteiger partial charge on any atom is -0.393 e. The van der Waals surface area contributed by atoms with E-state index in [0.717, 1.165) is 25.9 Å². The summed E-state index contributed by atoms with van der Waals surface area (Å²) < 4.78 is 0. The number of hydrogen-bond acceptors (Lipinski definition) is 2. The number of aliphatic hydroxyl groups excluding tert-OH is 1. The van der Waals surface area contributed by atoms with Gasteiger partial charge >= 0.3 is 0 Å². The number of piperidine rings is 1. The van der Waals surface area contributed by atoms with Gasteiger partial charge in [0.05, 0.1) is 6.10 Å². The van der Waals surface area contributed by atoms with Crippen molar-refractivity contribution in [1.29, 1.82) is 0 Å². The van der Waals surface area contributed by atoms with Crippen LogP contribution in [0, 0.1) is 17.8 Å². The van der Waals surface area contributed by atoms with Crippen LogP contribution >= 0.6 is 0 Å². The van der Waals surface area contributed by atoms with Crippen molar-refractivity contribution in [3.05, 3.63) is 0 Å². The molecule has 2 atom stereocenters. The zero-order valence-corrected chi connectivity index (χ0v) is 6.93. The van der Waals surface area contributed by atoms with E-state index in [9.17, 15) is 5.11 Å². The van der Waals surface area contributed by atoms with Gasteiger partial charge in [-0.05, 0) is 19.9 Å². The predicted octanol–water partition coefficient (Wildman–Crippen LogP) is 0.370. The van der Waals surface area contributed by atoms with Gasteiger partial charge in [-0.3, -0.25) is 0 Å². The predicted molar refractivity (Wildman–Crippen MR) is 45.1 cm³/mol. The van der Waals surface area contributed by atoms with E-state index < -0.39 is 0 Å². The molecule has 0 radical (unpaired) electrons. The Morgan fingerprint density at radius 1 is 1.64 bits per heavy atom. The molecule has 0 aliphatic carbocycles. The second kappa shape index (κ2) is 4.38. The minimum atomic E-state index is -0.142. The standard InChI is InChI=1S/C9H15NO/c1-2-3-4-8-7-10-6-5-9(8)11/h8-11H,4-7H2,1H3. The van der Waals surface area contributed by atoms with Gasteiger partial charge in [-0.2, -0.15) is 0 Å². The summed E-state index contributed by atoms with van der Waals surface area (Å²) in [7, 11) is 0. The van der Waals surface area contributed by atoms with E-state index in [1.807, 2.05) is 6.92 Å². The van der Waals surface area contributed by atoms with E-state index in [1.165, 1.54) is 0 Å². The van der Waals surface area contributed by atoms with Crippen molar-refractivity contribution in [2.75, 3.05) is 13.1 Å². The van der Waals surface area contributed by atoms with Gasteiger partial charge < -0.3 is 10.4 Å². The van der Waals surface area contributed by atoms with E-state index in [0.29, 0.717) is 5.92 Å². The van der Waals surface area contributed by atoms with Gasteiger partial charge in [-0.15, -0.1) is 11.8 Å². The maximum Gasteiger partial charge on any atom is 0.0601 e. The van der Waals surface area contributed by atoms with Crippen LogP contribution in [-0.2, 0) is 0 Å². The Hall–Kier alpha value is -0.520. The lowest BCUT2D eigenvalue weighted by Gasteiger charge is -2.26. The smallest absolute Gasteiger partial charge is 0.0601 e. The van der Waals surface area contributed by atoms with Crippen molar-refractivity contribution in [2.24, 2.45) is 5.92 Å². The van der Waals surface area contributed by atoms with Crippen molar-refractivity contribution in [3.8, 4) is 11.8 Å². The molecule has 0 spiro atoms. The second-order valence-corrected chi connectivity index (χ2v) is 2.95. The Morgan fingerprint density at radius 2 is 2.45 bits per heavy atom. The average Bonchev–Trinajstić information content (AvgIpc) is 2.03. The third-order valence-electron chi connectivity index (χ3n) is 2.11. The fourth-order valence-corrected chi connectivity index (χ4v) is 1.35. The summed E-state index contributed by atoms with van der Waals surface area (Å²) in [6.45, 7) is 3.69. The molecule has 2 N–H and O–H groups in total. The lowest BCUT2D eigenvalue weighted by atomic mass is 9.93. The summed E-state index contributed by atoms with van der Waals surface area (Å²) >= 11 is 0. The van der Waals surface area contributed by atoms with Crippen molar-refractivity contribution < 1.29 is 5.11 Å². The monoisotopic (exact) mass is 153 g/mol. The molecule has 62 valence electrons. The molecular formula is C9H15NO.